The molecule has 0 bridgehead atoms. The Bertz CT molecular complexity index is 994. The number of thiazole rings is 1. The van der Waals surface area contributed by atoms with E-state index in [4.69, 9.17) is 9.15 Å². The van der Waals surface area contributed by atoms with E-state index in [0.29, 0.717) is 25.1 Å². The van der Waals surface area contributed by atoms with E-state index in [1.807, 2.05) is 19.1 Å². The van der Waals surface area contributed by atoms with Crippen molar-refractivity contribution in [1.82, 2.24) is 9.13 Å². The highest BCUT2D eigenvalue weighted by molar-refractivity contribution is 7.07. The third-order valence-corrected chi connectivity index (χ3v) is 4.76. The van der Waals surface area contributed by atoms with Crippen molar-refractivity contribution in [2.45, 2.75) is 32.9 Å². The van der Waals surface area contributed by atoms with Crippen molar-refractivity contribution in [3.63, 3.8) is 0 Å². The van der Waals surface area contributed by atoms with Crippen LogP contribution in [0.3, 0.4) is 0 Å². The zero-order valence-electron chi connectivity index (χ0n) is 13.8. The largest absolute Gasteiger partial charge is 0.466 e. The maximum absolute atomic E-state index is 11.8. The zero-order valence-corrected chi connectivity index (χ0v) is 14.6. The summed E-state index contributed by atoms with van der Waals surface area (Å²) in [6, 6.07) is 7.19. The number of para-hydroxylation sites is 2. The molecule has 2 aromatic heterocycles. The minimum atomic E-state index is -0.417. The van der Waals surface area contributed by atoms with Crippen LogP contribution in [-0.2, 0) is 22.6 Å². The molecule has 0 aliphatic carbocycles. The van der Waals surface area contributed by atoms with Crippen LogP contribution < -0.4 is 10.6 Å². The Labute approximate surface area is 147 Å². The topological polar surface area (TPSA) is 83.4 Å². The van der Waals surface area contributed by atoms with Crippen molar-refractivity contribution in [3.05, 3.63) is 55.6 Å². The number of esters is 1. The normalized spacial score (nSPS) is 11.1. The molecule has 7 nitrogen and oxygen atoms in total. The first-order chi connectivity index (χ1) is 12.1. The lowest BCUT2D eigenvalue weighted by Crippen LogP contribution is -2.19. The first kappa shape index (κ1) is 17.2. The van der Waals surface area contributed by atoms with Crippen LogP contribution >= 0.6 is 11.3 Å². The van der Waals surface area contributed by atoms with E-state index < -0.39 is 5.76 Å². The molecule has 0 spiro atoms. The molecule has 0 unspecified atom stereocenters. The summed E-state index contributed by atoms with van der Waals surface area (Å²) in [5.74, 6) is -0.776. The van der Waals surface area contributed by atoms with Crippen LogP contribution in [0, 0.1) is 6.92 Å². The van der Waals surface area contributed by atoms with Crippen LogP contribution in [0.4, 0.5) is 0 Å². The fraction of sp³-hybridized carbons (Fsp3) is 0.353. The molecule has 0 aliphatic heterocycles. The molecule has 0 aliphatic rings. The van der Waals surface area contributed by atoms with Gasteiger partial charge in [-0.3, -0.25) is 14.2 Å². The summed E-state index contributed by atoms with van der Waals surface area (Å²) in [5, 5.41) is 1.76. The van der Waals surface area contributed by atoms with Crippen LogP contribution in [0.2, 0.25) is 0 Å². The van der Waals surface area contributed by atoms with Crippen LogP contribution in [-0.4, -0.2) is 21.7 Å². The molecular weight excluding hydrogens is 344 g/mol. The molecule has 8 heteroatoms. The van der Waals surface area contributed by atoms with Gasteiger partial charge in [0.1, 0.15) is 0 Å². The summed E-state index contributed by atoms with van der Waals surface area (Å²) in [5.41, 5.74) is 2.11. The maximum Gasteiger partial charge on any atom is 0.419 e. The summed E-state index contributed by atoms with van der Waals surface area (Å²) in [6.45, 7) is 2.77. The Morgan fingerprint density at radius 3 is 2.76 bits per heavy atom. The highest BCUT2D eigenvalue weighted by atomic mass is 32.1. The van der Waals surface area contributed by atoms with Crippen LogP contribution in [0.5, 0.6) is 0 Å². The third kappa shape index (κ3) is 3.90. The molecule has 132 valence electrons. The predicted octanol–water partition coefficient (Wildman–Crippen LogP) is 2.15. The van der Waals surface area contributed by atoms with E-state index in [1.54, 1.807) is 22.1 Å². The summed E-state index contributed by atoms with van der Waals surface area (Å²) in [6.07, 6.45) is 0.651. The van der Waals surface area contributed by atoms with Gasteiger partial charge in [0.05, 0.1) is 18.5 Å². The average molecular weight is 362 g/mol. The number of rotatable bonds is 7. The van der Waals surface area contributed by atoms with Crippen molar-refractivity contribution in [2.24, 2.45) is 0 Å². The van der Waals surface area contributed by atoms with Crippen LogP contribution in [0.1, 0.15) is 18.5 Å². The minimum absolute atomic E-state index is 0.0727. The zero-order chi connectivity index (χ0) is 17.8. The van der Waals surface area contributed by atoms with Crippen LogP contribution in [0.15, 0.2) is 43.7 Å². The molecule has 0 amide bonds. The van der Waals surface area contributed by atoms with Gasteiger partial charge in [0.25, 0.3) is 0 Å². The number of oxazole rings is 1. The monoisotopic (exact) mass is 362 g/mol. The number of fused-ring (bicyclic) bond motifs is 1. The number of hydrogen-bond acceptors (Lipinski definition) is 6. The van der Waals surface area contributed by atoms with Gasteiger partial charge in [-0.25, -0.2) is 4.79 Å². The summed E-state index contributed by atoms with van der Waals surface area (Å²) >= 11 is 1.12. The molecule has 25 heavy (non-hydrogen) atoms. The Morgan fingerprint density at radius 1 is 1.20 bits per heavy atom. The molecule has 3 rings (SSSR count). The lowest BCUT2D eigenvalue weighted by molar-refractivity contribution is -0.144. The molecular formula is C17H18N2O5S. The Balaban J connectivity index is 1.46. The summed E-state index contributed by atoms with van der Waals surface area (Å²) in [7, 11) is 0. The second-order valence-electron chi connectivity index (χ2n) is 5.61. The van der Waals surface area contributed by atoms with Gasteiger partial charge in [-0.15, -0.1) is 0 Å². The van der Waals surface area contributed by atoms with Gasteiger partial charge in [-0.2, -0.15) is 0 Å². The number of hydrogen-bond donors (Lipinski definition) is 0. The first-order valence-electron chi connectivity index (χ1n) is 7.95. The number of benzene rings is 1. The molecule has 3 aromatic rings. The molecule has 0 radical (unpaired) electrons. The van der Waals surface area contributed by atoms with E-state index in [9.17, 15) is 14.4 Å². The lowest BCUT2D eigenvalue weighted by Gasteiger charge is -2.06. The summed E-state index contributed by atoms with van der Waals surface area (Å²) < 4.78 is 13.4. The maximum atomic E-state index is 11.8. The molecule has 0 atom stereocenters. The van der Waals surface area contributed by atoms with Crippen molar-refractivity contribution >= 4 is 28.4 Å². The van der Waals surface area contributed by atoms with Crippen LogP contribution in [0.25, 0.3) is 11.1 Å². The standard InChI is InChI=1S/C17H18N2O5S/c1-12-11-25-17(22)18(12)9-7-15(20)23-10-4-8-19-13-5-2-3-6-14(13)24-16(19)21/h2-3,5-6,11H,4,7-10H2,1H3. The second-order valence-corrected chi connectivity index (χ2v) is 6.43. The number of carbonyl (C=O) groups excluding carboxylic acids is 1. The molecule has 0 N–H and O–H groups in total. The smallest absolute Gasteiger partial charge is 0.419 e. The molecule has 1 aromatic carbocycles. The molecule has 2 heterocycles. The lowest BCUT2D eigenvalue weighted by atomic mass is 10.3. The van der Waals surface area contributed by atoms with E-state index in [2.05, 4.69) is 0 Å². The number of aryl methyl sites for hydroxylation is 2. The van der Waals surface area contributed by atoms with E-state index in [0.717, 1.165) is 22.5 Å². The fourth-order valence-electron chi connectivity index (χ4n) is 2.58. The molecule has 0 saturated carbocycles. The second kappa shape index (κ2) is 7.52. The van der Waals surface area contributed by atoms with Crippen molar-refractivity contribution in [2.75, 3.05) is 6.61 Å². The first-order valence-corrected chi connectivity index (χ1v) is 8.83. The van der Waals surface area contributed by atoms with Crippen molar-refractivity contribution in [3.8, 4) is 0 Å². The predicted molar refractivity (Wildman–Crippen MR) is 94.0 cm³/mol. The summed E-state index contributed by atoms with van der Waals surface area (Å²) in [4.78, 5) is 35.1. The van der Waals surface area contributed by atoms with Gasteiger partial charge in [0.2, 0.25) is 0 Å². The van der Waals surface area contributed by atoms with Gasteiger partial charge in [-0.05, 0) is 25.5 Å². The third-order valence-electron chi connectivity index (χ3n) is 3.88. The van der Waals surface area contributed by atoms with Gasteiger partial charge in [0.15, 0.2) is 5.58 Å². The van der Waals surface area contributed by atoms with Gasteiger partial charge in [0, 0.05) is 24.2 Å². The number of ether oxygens (including phenoxy) is 1. The highest BCUT2D eigenvalue weighted by Gasteiger charge is 2.10. The Hall–Kier alpha value is -2.61. The van der Waals surface area contributed by atoms with E-state index in [-0.39, 0.29) is 23.9 Å². The SMILES string of the molecule is Cc1csc(=O)n1CCC(=O)OCCCn1c(=O)oc2ccccc21. The number of carbonyl (C=O) groups is 1. The number of aromatic nitrogens is 2. The van der Waals surface area contributed by atoms with Crippen molar-refractivity contribution < 1.29 is 13.9 Å². The molecule has 0 saturated heterocycles. The van der Waals surface area contributed by atoms with Gasteiger partial charge >= 0.3 is 16.6 Å². The highest BCUT2D eigenvalue weighted by Crippen LogP contribution is 2.12. The fourth-order valence-corrected chi connectivity index (χ4v) is 3.35. The molecule has 0 fully saturated rings. The van der Waals surface area contributed by atoms with Gasteiger partial charge < -0.3 is 13.7 Å². The van der Waals surface area contributed by atoms with Crippen molar-refractivity contribution in [1.29, 1.82) is 0 Å². The van der Waals surface area contributed by atoms with Gasteiger partial charge in [-0.1, -0.05) is 23.5 Å². The quantitative estimate of drug-likeness (QED) is 0.475. The number of nitrogens with zero attached hydrogens (tertiary/aromatic N) is 2. The minimum Gasteiger partial charge on any atom is -0.466 e. The average Bonchev–Trinajstić information content (AvgIpc) is 3.09. The Kier molecular flexibility index (Phi) is 5.18. The van der Waals surface area contributed by atoms with E-state index in [1.165, 1.54) is 4.57 Å². The Morgan fingerprint density at radius 2 is 2.00 bits per heavy atom. The van der Waals surface area contributed by atoms with E-state index >= 15 is 0 Å².